The number of carbonyl (C=O) groups is 1. The van der Waals surface area contributed by atoms with Gasteiger partial charge in [0.25, 0.3) is 0 Å². The number of rotatable bonds is 5. The molecule has 3 N–H and O–H groups in total. The van der Waals surface area contributed by atoms with Crippen molar-refractivity contribution in [1.29, 1.82) is 0 Å². The van der Waals surface area contributed by atoms with Crippen LogP contribution in [0.2, 0.25) is 0 Å². The number of carbonyl (C=O) groups excluding carboxylic acids is 1. The van der Waals surface area contributed by atoms with Gasteiger partial charge in [0.05, 0.1) is 35.7 Å². The van der Waals surface area contributed by atoms with Crippen LogP contribution in [0.4, 0.5) is 11.5 Å². The average molecular weight is 377 g/mol. The first-order valence-electron chi connectivity index (χ1n) is 8.08. The highest BCUT2D eigenvalue weighted by molar-refractivity contribution is 7.91. The Morgan fingerprint density at radius 1 is 1.15 bits per heavy atom. The number of sulfone groups is 1. The molecule has 0 unspecified atom stereocenters. The highest BCUT2D eigenvalue weighted by atomic mass is 32.2. The fourth-order valence-corrected chi connectivity index (χ4v) is 3.64. The van der Waals surface area contributed by atoms with E-state index >= 15 is 0 Å². The summed E-state index contributed by atoms with van der Waals surface area (Å²) in [7, 11) is -3.63. The molecule has 0 fully saturated rings. The van der Waals surface area contributed by atoms with Gasteiger partial charge in [0.2, 0.25) is 5.91 Å². The number of aromatic nitrogens is 1. The lowest BCUT2D eigenvalue weighted by Crippen LogP contribution is -2.17. The molecule has 1 aromatic heterocycles. The quantitative estimate of drug-likeness (QED) is 0.812. The van der Waals surface area contributed by atoms with Crippen LogP contribution in [0.5, 0.6) is 11.5 Å². The fourth-order valence-electron chi connectivity index (χ4n) is 2.38. The summed E-state index contributed by atoms with van der Waals surface area (Å²) in [6, 6.07) is 7.62. The maximum Gasteiger partial charge on any atom is 0.225 e. The maximum absolute atomic E-state index is 12.5. The third kappa shape index (κ3) is 4.42. The molecule has 1 aliphatic rings. The first-order chi connectivity index (χ1) is 12.4. The molecule has 2 aromatic rings. The van der Waals surface area contributed by atoms with Crippen molar-refractivity contribution in [2.75, 3.05) is 30.0 Å². The second kappa shape index (κ2) is 7.61. The third-order valence-corrected chi connectivity index (χ3v) is 5.46. The summed E-state index contributed by atoms with van der Waals surface area (Å²) < 4.78 is 36.0. The lowest BCUT2D eigenvalue weighted by molar-refractivity contribution is -0.115. The van der Waals surface area contributed by atoms with E-state index in [-0.39, 0.29) is 17.1 Å². The van der Waals surface area contributed by atoms with E-state index in [0.29, 0.717) is 36.2 Å². The number of nitrogens with one attached hydrogen (secondary N) is 1. The Hall–Kier alpha value is -2.81. The molecule has 1 aliphatic heterocycles. The van der Waals surface area contributed by atoms with Gasteiger partial charge in [-0.05, 0) is 24.3 Å². The summed E-state index contributed by atoms with van der Waals surface area (Å²) in [6.07, 6.45) is 1.96. The Kier molecular flexibility index (Phi) is 5.27. The third-order valence-electron chi connectivity index (χ3n) is 3.75. The van der Waals surface area contributed by atoms with E-state index in [9.17, 15) is 13.2 Å². The monoisotopic (exact) mass is 377 g/mol. The van der Waals surface area contributed by atoms with Crippen molar-refractivity contribution in [2.45, 2.75) is 17.7 Å². The van der Waals surface area contributed by atoms with Crippen LogP contribution >= 0.6 is 0 Å². The molecule has 0 atom stereocenters. The van der Waals surface area contributed by atoms with Crippen LogP contribution in [0, 0.1) is 0 Å². The molecule has 8 nitrogen and oxygen atoms in total. The Labute approximate surface area is 151 Å². The number of nitrogen functional groups attached to an aromatic ring is 1. The summed E-state index contributed by atoms with van der Waals surface area (Å²) in [4.78, 5) is 15.9. The van der Waals surface area contributed by atoms with Crippen LogP contribution in [-0.4, -0.2) is 38.3 Å². The van der Waals surface area contributed by atoms with E-state index in [1.54, 1.807) is 18.2 Å². The van der Waals surface area contributed by atoms with Gasteiger partial charge in [0.15, 0.2) is 21.3 Å². The summed E-state index contributed by atoms with van der Waals surface area (Å²) in [5.74, 6) is 0.520. The summed E-state index contributed by atoms with van der Waals surface area (Å²) in [5, 5.41) is 2.59. The molecule has 0 radical (unpaired) electrons. The van der Waals surface area contributed by atoms with Gasteiger partial charge in [-0.1, -0.05) is 0 Å². The minimum atomic E-state index is -3.63. The number of hydrogen-bond donors (Lipinski definition) is 2. The zero-order valence-corrected chi connectivity index (χ0v) is 14.8. The van der Waals surface area contributed by atoms with Gasteiger partial charge in [-0.3, -0.25) is 4.79 Å². The Morgan fingerprint density at radius 2 is 1.92 bits per heavy atom. The number of amides is 1. The van der Waals surface area contributed by atoms with Crippen molar-refractivity contribution < 1.29 is 22.7 Å². The van der Waals surface area contributed by atoms with Crippen molar-refractivity contribution in [3.8, 4) is 11.5 Å². The van der Waals surface area contributed by atoms with Gasteiger partial charge in [-0.2, -0.15) is 0 Å². The van der Waals surface area contributed by atoms with Crippen molar-refractivity contribution in [3.63, 3.8) is 0 Å². The van der Waals surface area contributed by atoms with Crippen LogP contribution in [0.3, 0.4) is 0 Å². The fraction of sp³-hybridized carbons (Fsp3) is 0.294. The maximum atomic E-state index is 12.5. The molecular formula is C17H19N3O5S. The summed E-state index contributed by atoms with van der Waals surface area (Å²) in [6.45, 7) is 0.994. The number of nitrogens with two attached hydrogens (primary N) is 1. The normalized spacial score (nSPS) is 13.7. The molecular weight excluding hydrogens is 358 g/mol. The van der Waals surface area contributed by atoms with Gasteiger partial charge in [0, 0.05) is 18.9 Å². The second-order valence-corrected chi connectivity index (χ2v) is 7.86. The largest absolute Gasteiger partial charge is 0.490 e. The number of fused-ring (bicyclic) bond motifs is 1. The summed E-state index contributed by atoms with van der Waals surface area (Å²) >= 11 is 0. The predicted octanol–water partition coefficient (Wildman–Crippen LogP) is 1.63. The van der Waals surface area contributed by atoms with Gasteiger partial charge < -0.3 is 20.5 Å². The second-order valence-electron chi connectivity index (χ2n) is 5.75. The van der Waals surface area contributed by atoms with Gasteiger partial charge >= 0.3 is 0 Å². The van der Waals surface area contributed by atoms with Crippen LogP contribution in [-0.2, 0) is 14.6 Å². The molecule has 3 rings (SSSR count). The average Bonchev–Trinajstić information content (AvgIpc) is 2.87. The molecule has 9 heteroatoms. The summed E-state index contributed by atoms with van der Waals surface area (Å²) in [5.41, 5.74) is 5.93. The molecule has 0 aliphatic carbocycles. The van der Waals surface area contributed by atoms with E-state index < -0.39 is 15.7 Å². The zero-order chi connectivity index (χ0) is 18.6. The van der Waals surface area contributed by atoms with Gasteiger partial charge in [-0.25, -0.2) is 13.4 Å². The molecule has 2 heterocycles. The van der Waals surface area contributed by atoms with Crippen LogP contribution < -0.4 is 20.5 Å². The van der Waals surface area contributed by atoms with Crippen molar-refractivity contribution in [2.24, 2.45) is 0 Å². The Bertz CT molecular complexity index is 897. The molecule has 0 bridgehead atoms. The molecule has 1 aromatic carbocycles. The minimum Gasteiger partial charge on any atom is -0.490 e. The van der Waals surface area contributed by atoms with E-state index in [2.05, 4.69) is 10.3 Å². The van der Waals surface area contributed by atoms with E-state index in [1.165, 1.54) is 18.3 Å². The molecule has 0 saturated heterocycles. The van der Waals surface area contributed by atoms with Crippen LogP contribution in [0.25, 0.3) is 0 Å². The topological polar surface area (TPSA) is 121 Å². The first kappa shape index (κ1) is 18.0. The van der Waals surface area contributed by atoms with Crippen LogP contribution in [0.15, 0.2) is 41.4 Å². The number of benzene rings is 1. The lowest BCUT2D eigenvalue weighted by atomic mass is 10.3. The molecule has 0 saturated carbocycles. The number of hydrogen-bond acceptors (Lipinski definition) is 7. The van der Waals surface area contributed by atoms with Crippen LogP contribution in [0.1, 0.15) is 12.8 Å². The predicted molar refractivity (Wildman–Crippen MR) is 96.0 cm³/mol. The Morgan fingerprint density at radius 3 is 2.65 bits per heavy atom. The number of anilines is 2. The van der Waals surface area contributed by atoms with E-state index in [1.807, 2.05) is 0 Å². The van der Waals surface area contributed by atoms with Crippen molar-refractivity contribution >= 4 is 27.2 Å². The zero-order valence-electron chi connectivity index (χ0n) is 14.0. The molecule has 26 heavy (non-hydrogen) atoms. The number of pyridine rings is 1. The highest BCUT2D eigenvalue weighted by Gasteiger charge is 2.20. The van der Waals surface area contributed by atoms with Gasteiger partial charge in [0.1, 0.15) is 5.82 Å². The minimum absolute atomic E-state index is 0.101. The highest BCUT2D eigenvalue weighted by Crippen LogP contribution is 2.32. The molecule has 0 spiro atoms. The SMILES string of the molecule is Nc1ccc(NC(=O)CCS(=O)(=O)c2ccc3c(c2)OCCCO3)cn1. The number of nitrogens with zero attached hydrogens (tertiary/aromatic N) is 1. The first-order valence-corrected chi connectivity index (χ1v) is 9.73. The smallest absolute Gasteiger partial charge is 0.225 e. The van der Waals surface area contributed by atoms with E-state index in [0.717, 1.165) is 6.42 Å². The lowest BCUT2D eigenvalue weighted by Gasteiger charge is -2.10. The van der Waals surface area contributed by atoms with Gasteiger partial charge in [-0.15, -0.1) is 0 Å². The van der Waals surface area contributed by atoms with Crippen molar-refractivity contribution in [3.05, 3.63) is 36.5 Å². The van der Waals surface area contributed by atoms with Crippen molar-refractivity contribution in [1.82, 2.24) is 4.98 Å². The van der Waals surface area contributed by atoms with E-state index in [4.69, 9.17) is 15.2 Å². The molecule has 1 amide bonds. The standard InChI is InChI=1S/C17H19N3O5S/c18-16-5-2-12(11-19-16)20-17(21)6-9-26(22,23)13-3-4-14-15(10-13)25-8-1-7-24-14/h2-5,10-11H,1,6-9H2,(H2,18,19)(H,20,21). The molecule has 138 valence electrons. The number of ether oxygens (including phenoxy) is 2. The Balaban J connectivity index is 1.64.